The van der Waals surface area contributed by atoms with Crippen molar-refractivity contribution in [2.75, 3.05) is 26.6 Å². The molecule has 17 heteroatoms. The molecule has 1 aromatic heterocycles. The van der Waals surface area contributed by atoms with Gasteiger partial charge >= 0.3 is 34.4 Å². The van der Waals surface area contributed by atoms with Crippen molar-refractivity contribution < 1.29 is 46.0 Å². The number of rotatable bonds is 9. The van der Waals surface area contributed by atoms with E-state index < -0.39 is 65.0 Å². The number of aliphatic hydroxyl groups excluding tert-OH is 1. The van der Waals surface area contributed by atoms with Gasteiger partial charge in [-0.05, 0) is 6.92 Å². The molecule has 2 rings (SSSR count). The fraction of sp³-hybridized carbons (Fsp3) is 0.667. The number of hydrogen-bond acceptors (Lipinski definition) is 12. The molecule has 182 valence electrons. The maximum absolute atomic E-state index is 12.6. The molecule has 1 aliphatic rings. The number of nitrogens with one attached hydrogen (secondary N) is 1. The lowest BCUT2D eigenvalue weighted by molar-refractivity contribution is -0.132. The molecule has 32 heavy (non-hydrogen) atoms. The van der Waals surface area contributed by atoms with Crippen molar-refractivity contribution >= 4 is 28.8 Å². The first-order valence-electron chi connectivity index (χ1n) is 9.16. The second-order valence-electron chi connectivity index (χ2n) is 7.27. The maximum atomic E-state index is 12.6. The Morgan fingerprint density at radius 3 is 2.38 bits per heavy atom. The zero-order valence-corrected chi connectivity index (χ0v) is 20.6. The van der Waals surface area contributed by atoms with Gasteiger partial charge in [0.2, 0.25) is 0 Å². The van der Waals surface area contributed by atoms with E-state index in [0.29, 0.717) is 0 Å². The normalized spacial score (nSPS) is 26.6. The van der Waals surface area contributed by atoms with Gasteiger partial charge in [0.15, 0.2) is 0 Å². The van der Waals surface area contributed by atoms with E-state index in [9.17, 15) is 33.2 Å². The van der Waals surface area contributed by atoms with Crippen LogP contribution < -0.4 is 11.2 Å². The van der Waals surface area contributed by atoms with Crippen LogP contribution in [-0.2, 0) is 40.9 Å². The second kappa shape index (κ2) is 9.87. The zero-order valence-electron chi connectivity index (χ0n) is 18.0. The van der Waals surface area contributed by atoms with Crippen LogP contribution >= 0.6 is 22.8 Å². The molecule has 2 N–H and O–H groups in total. The smallest absolute Gasteiger partial charge is 0.385 e. The molecule has 14 nitrogen and oxygen atoms in total. The van der Waals surface area contributed by atoms with Gasteiger partial charge in [-0.25, -0.2) is 18.0 Å². The van der Waals surface area contributed by atoms with E-state index in [1.807, 2.05) is 0 Å². The van der Waals surface area contributed by atoms with Gasteiger partial charge in [-0.15, -0.1) is 0 Å². The minimum atomic E-state index is -4.26. The van der Waals surface area contributed by atoms with Crippen LogP contribution in [0, 0.1) is 6.92 Å². The number of hydrogen-bond donors (Lipinski definition) is 2. The summed E-state index contributed by atoms with van der Waals surface area (Å²) in [5.41, 5.74) is -1.02. The van der Waals surface area contributed by atoms with Gasteiger partial charge < -0.3 is 18.9 Å². The minimum Gasteiger partial charge on any atom is -0.392 e. The summed E-state index contributed by atoms with van der Waals surface area (Å²) in [5, 5.41) is 10.2. The van der Waals surface area contributed by atoms with Crippen LogP contribution in [0.3, 0.4) is 0 Å². The van der Waals surface area contributed by atoms with Crippen LogP contribution in [0.5, 0.6) is 0 Å². The van der Waals surface area contributed by atoms with Gasteiger partial charge in [0.1, 0.15) is 12.3 Å². The van der Waals surface area contributed by atoms with Gasteiger partial charge in [-0.2, -0.15) is 0 Å². The van der Waals surface area contributed by atoms with Crippen molar-refractivity contribution in [3.63, 3.8) is 0 Å². The monoisotopic (exact) mass is 518 g/mol. The van der Waals surface area contributed by atoms with E-state index >= 15 is 0 Å². The molecule has 0 radical (unpaired) electrons. The number of aryl methyl sites for hydroxylation is 1. The fourth-order valence-electron chi connectivity index (χ4n) is 2.87. The first-order valence-corrected chi connectivity index (χ1v) is 15.1. The number of carbonyl (C=O) groups is 1. The molecule has 2 heterocycles. The molecule has 1 aliphatic heterocycles. The molecule has 0 aromatic carbocycles. The molecule has 0 bridgehead atoms. The Kier molecular flexibility index (Phi) is 8.29. The van der Waals surface area contributed by atoms with E-state index in [1.54, 1.807) is 0 Å². The third-order valence-corrected chi connectivity index (χ3v) is 9.97. The predicted molar refractivity (Wildman–Crippen MR) is 111 cm³/mol. The highest BCUT2D eigenvalue weighted by molar-refractivity contribution is 7.72. The summed E-state index contributed by atoms with van der Waals surface area (Å²) < 4.78 is 62.8. The topological polar surface area (TPSA) is 190 Å². The lowest BCUT2D eigenvalue weighted by Crippen LogP contribution is -2.33. The molecular formula is C15H25N2O12P3. The average Bonchev–Trinajstić information content (AvgIpc) is 2.93. The molecule has 1 saturated heterocycles. The highest BCUT2D eigenvalue weighted by Gasteiger charge is 2.40. The molecule has 0 aliphatic carbocycles. The molecule has 1 fully saturated rings. The van der Waals surface area contributed by atoms with Crippen LogP contribution in [0.1, 0.15) is 25.1 Å². The maximum Gasteiger partial charge on any atom is 0.385 e. The molecule has 0 spiro atoms. The van der Waals surface area contributed by atoms with Gasteiger partial charge in [0.25, 0.3) is 5.56 Å². The number of nitrogens with zero attached hydrogens (tertiary/aromatic N) is 1. The van der Waals surface area contributed by atoms with Crippen molar-refractivity contribution in [2.24, 2.45) is 0 Å². The van der Waals surface area contributed by atoms with Gasteiger partial charge in [0.05, 0.1) is 19.4 Å². The summed E-state index contributed by atoms with van der Waals surface area (Å²) in [5.74, 6) is -0.939. The summed E-state index contributed by atoms with van der Waals surface area (Å²) in [7, 11) is -12.4. The highest BCUT2D eigenvalue weighted by atomic mass is 31.3. The molecule has 0 amide bonds. The van der Waals surface area contributed by atoms with Crippen molar-refractivity contribution in [2.45, 2.75) is 38.7 Å². The Hall–Kier alpha value is -1.36. The molecule has 6 atom stereocenters. The first kappa shape index (κ1) is 26.9. The summed E-state index contributed by atoms with van der Waals surface area (Å²) >= 11 is 0. The molecule has 1 aromatic rings. The lowest BCUT2D eigenvalue weighted by Gasteiger charge is -2.23. The Labute approximate surface area is 182 Å². The highest BCUT2D eigenvalue weighted by Crippen LogP contribution is 2.68. The quantitative estimate of drug-likeness (QED) is 0.450. The third-order valence-electron chi connectivity index (χ3n) is 4.02. The SMILES string of the molecule is CC(=O)OP(C)(=O)OP(C)(=O)OP(C)(=O)OC[C@H]1O[C@@H](n2cc(C)c(=O)[nH]c2=O)C[C@H]1O. The second-order valence-corrected chi connectivity index (χ2v) is 13.6. The van der Waals surface area contributed by atoms with Gasteiger partial charge in [-0.3, -0.25) is 28.3 Å². The Bertz CT molecular complexity index is 1130. The number of aromatic amines is 1. The van der Waals surface area contributed by atoms with Crippen LogP contribution in [-0.4, -0.2) is 59.4 Å². The summed E-state index contributed by atoms with van der Waals surface area (Å²) in [6.07, 6.45) is -1.82. The average molecular weight is 518 g/mol. The van der Waals surface area contributed by atoms with Crippen molar-refractivity contribution in [1.82, 2.24) is 9.55 Å². The van der Waals surface area contributed by atoms with Crippen molar-refractivity contribution in [3.05, 3.63) is 32.6 Å². The van der Waals surface area contributed by atoms with E-state index in [2.05, 4.69) is 9.51 Å². The van der Waals surface area contributed by atoms with E-state index in [-0.39, 0.29) is 12.0 Å². The van der Waals surface area contributed by atoms with Crippen molar-refractivity contribution in [1.29, 1.82) is 0 Å². The lowest BCUT2D eigenvalue weighted by atomic mass is 10.2. The number of carbonyl (C=O) groups excluding carboxylic acids is 1. The summed E-state index contributed by atoms with van der Waals surface area (Å²) in [6.45, 7) is 4.71. The van der Waals surface area contributed by atoms with Gasteiger partial charge in [0, 0.05) is 38.4 Å². The van der Waals surface area contributed by atoms with Crippen molar-refractivity contribution in [3.8, 4) is 0 Å². The minimum absolute atomic E-state index is 0.0227. The van der Waals surface area contributed by atoms with Crippen LogP contribution in [0.2, 0.25) is 0 Å². The van der Waals surface area contributed by atoms with E-state index in [1.165, 1.54) is 13.1 Å². The Morgan fingerprint density at radius 1 is 1.19 bits per heavy atom. The number of H-pyrrole nitrogens is 1. The van der Waals surface area contributed by atoms with Crippen LogP contribution in [0.15, 0.2) is 15.8 Å². The standard InChI is InChI=1S/C15H25N2O12P3/c1-9-7-17(15(21)16-14(9)20)13-6-11(19)12(26-13)8-25-30(3,22)28-32(5,24)29-31(4,23)27-10(2)18/h7,11-13,19H,6,8H2,1-5H3,(H,16,20,21)/t11-,12-,13-,30?,31?,32?/m1/s1. The Balaban J connectivity index is 2.01. The Morgan fingerprint density at radius 2 is 1.78 bits per heavy atom. The van der Waals surface area contributed by atoms with Crippen LogP contribution in [0.25, 0.3) is 0 Å². The predicted octanol–water partition coefficient (Wildman–Crippen LogP) is 1.58. The van der Waals surface area contributed by atoms with E-state index in [0.717, 1.165) is 31.5 Å². The third kappa shape index (κ3) is 7.60. The molecule has 0 saturated carbocycles. The zero-order chi connectivity index (χ0) is 24.5. The fourth-order valence-corrected chi connectivity index (χ4v) is 8.78. The van der Waals surface area contributed by atoms with E-state index in [4.69, 9.17) is 17.9 Å². The largest absolute Gasteiger partial charge is 0.392 e. The number of ether oxygens (including phenoxy) is 1. The molecule has 3 unspecified atom stereocenters. The molecular weight excluding hydrogens is 493 g/mol. The first-order chi connectivity index (χ1) is 14.5. The summed E-state index contributed by atoms with van der Waals surface area (Å²) in [6, 6.07) is 0. The van der Waals surface area contributed by atoms with Gasteiger partial charge in [-0.1, -0.05) is 0 Å². The van der Waals surface area contributed by atoms with Crippen LogP contribution in [0.4, 0.5) is 0 Å². The number of aliphatic hydroxyl groups is 1. The number of aromatic nitrogens is 2. The summed E-state index contributed by atoms with van der Waals surface area (Å²) in [4.78, 5) is 36.6.